The van der Waals surface area contributed by atoms with Gasteiger partial charge in [0.1, 0.15) is 29.5 Å². The van der Waals surface area contributed by atoms with Gasteiger partial charge in [-0.2, -0.15) is 0 Å². The topological polar surface area (TPSA) is 97.8 Å². The lowest BCUT2D eigenvalue weighted by molar-refractivity contribution is -0.152. The first kappa shape index (κ1) is 30.1. The second-order valence-electron chi connectivity index (χ2n) is 7.95. The Balaban J connectivity index is 1.51. The maximum absolute atomic E-state index is 13.2. The maximum atomic E-state index is 13.2. The predicted octanol–water partition coefficient (Wildman–Crippen LogP) is 6.15. The van der Waals surface area contributed by atoms with Crippen LogP contribution in [0.4, 0.5) is 0 Å². The molecule has 3 aromatic rings. The molecule has 1 saturated heterocycles. The van der Waals surface area contributed by atoms with Crippen molar-refractivity contribution >= 4 is 107 Å². The molecule has 0 spiro atoms. The second kappa shape index (κ2) is 13.2. The molecule has 0 aliphatic carbocycles. The van der Waals surface area contributed by atoms with E-state index in [2.05, 4.69) is 10.3 Å². The molecule has 15 heteroatoms. The summed E-state index contributed by atoms with van der Waals surface area (Å²) in [7, 11) is 2.53. The number of hydrogen-bond acceptors (Lipinski definition) is 9. The lowest BCUT2D eigenvalue weighted by Gasteiger charge is -2.46. The quantitative estimate of drug-likeness (QED) is 0.0905. The molecule has 2 aromatic carbocycles. The van der Waals surface area contributed by atoms with Crippen molar-refractivity contribution in [3.8, 4) is 5.75 Å². The first-order valence-electron chi connectivity index (χ1n) is 11.1. The van der Waals surface area contributed by atoms with Crippen LogP contribution in [-0.2, 0) is 19.1 Å². The minimum Gasteiger partial charge on any atom is -0.484 e. The third kappa shape index (κ3) is 7.87. The number of β-lactam (4-membered cyclic amide) rings is 1. The third-order valence-electron chi connectivity index (χ3n) is 5.09. The van der Waals surface area contributed by atoms with Crippen LogP contribution < -0.4 is 10.1 Å². The van der Waals surface area contributed by atoms with E-state index in [1.54, 1.807) is 24.3 Å². The van der Waals surface area contributed by atoms with Crippen molar-refractivity contribution in [1.82, 2.24) is 15.2 Å². The van der Waals surface area contributed by atoms with Crippen molar-refractivity contribution < 1.29 is 23.9 Å². The van der Waals surface area contributed by atoms with Crippen LogP contribution in [0, 0.1) is 0 Å². The van der Waals surface area contributed by atoms with Crippen LogP contribution in [0.2, 0.25) is 0 Å². The number of allylic oxidation sites excluding steroid dienone is 1. The zero-order valence-corrected chi connectivity index (χ0v) is 25.4. The van der Waals surface area contributed by atoms with Crippen molar-refractivity contribution in [3.05, 3.63) is 65.3 Å². The predicted molar refractivity (Wildman–Crippen MR) is 157 cm³/mol. The van der Waals surface area contributed by atoms with Crippen LogP contribution in [0.1, 0.15) is 6.92 Å². The number of thiazole rings is 1. The average Bonchev–Trinajstić information content (AvgIpc) is 3.32. The Morgan fingerprint density at radius 3 is 2.49 bits per heavy atom. The Morgan fingerprint density at radius 2 is 1.82 bits per heavy atom. The molecule has 206 valence electrons. The van der Waals surface area contributed by atoms with E-state index in [-0.39, 0.29) is 17.3 Å². The molecular formula is C24H19Cl4N3O5S3. The van der Waals surface area contributed by atoms with E-state index in [9.17, 15) is 14.4 Å². The molecule has 8 nitrogen and oxygen atoms in total. The van der Waals surface area contributed by atoms with Gasteiger partial charge in [0.25, 0.3) is 11.8 Å². The highest BCUT2D eigenvalue weighted by atomic mass is 35.6. The van der Waals surface area contributed by atoms with E-state index in [1.807, 2.05) is 30.3 Å². The van der Waals surface area contributed by atoms with Crippen LogP contribution in [0.15, 0.2) is 69.7 Å². The van der Waals surface area contributed by atoms with Crippen LogP contribution in [0.5, 0.6) is 5.75 Å². The molecule has 1 fully saturated rings. The number of aromatic nitrogens is 1. The average molecular weight is 667 g/mol. The first-order valence-corrected chi connectivity index (χ1v) is 15.7. The standard InChI is InChI=1S/C24H19Cl4N3O5S3/c1-13(25)19(22(34)36-12-24(26,27)28)31-20(33)18(30-17(32)11-35-14-7-3-2-4-8-14)21(31)38-39-23-29-15-9-5-6-10-16(15)37-23/h2-10,18,21H,11-12H2,1H3,(H,30,32)/b19-13-. The van der Waals surface area contributed by atoms with Gasteiger partial charge in [-0.3, -0.25) is 14.5 Å². The summed E-state index contributed by atoms with van der Waals surface area (Å²) in [5.41, 5.74) is 0.617. The number of fused-ring (bicyclic) bond motifs is 1. The Hall–Kier alpha value is -1.86. The van der Waals surface area contributed by atoms with E-state index < -0.39 is 39.6 Å². The fourth-order valence-corrected chi connectivity index (χ4v) is 7.66. The number of alkyl halides is 3. The number of esters is 1. The largest absolute Gasteiger partial charge is 0.484 e. The van der Waals surface area contributed by atoms with Gasteiger partial charge in [-0.25, -0.2) is 9.78 Å². The van der Waals surface area contributed by atoms with Gasteiger partial charge in [0.15, 0.2) is 10.9 Å². The van der Waals surface area contributed by atoms with Gasteiger partial charge in [0.05, 0.1) is 10.2 Å². The minimum absolute atomic E-state index is 0.00885. The molecule has 0 bridgehead atoms. The number of carbonyl (C=O) groups is 3. The van der Waals surface area contributed by atoms with Crippen LogP contribution in [0.25, 0.3) is 10.2 Å². The molecule has 1 N–H and O–H groups in total. The summed E-state index contributed by atoms with van der Waals surface area (Å²) in [6.07, 6.45) is 0. The van der Waals surface area contributed by atoms with Gasteiger partial charge in [-0.1, -0.05) is 87.5 Å². The smallest absolute Gasteiger partial charge is 0.356 e. The van der Waals surface area contributed by atoms with Gasteiger partial charge in [0.2, 0.25) is 3.79 Å². The van der Waals surface area contributed by atoms with Crippen LogP contribution >= 0.6 is 79.3 Å². The van der Waals surface area contributed by atoms with Crippen molar-refractivity contribution in [2.45, 2.75) is 26.5 Å². The summed E-state index contributed by atoms with van der Waals surface area (Å²) < 4.78 is 10.4. The number of ether oxygens (including phenoxy) is 2. The summed E-state index contributed by atoms with van der Waals surface area (Å²) in [4.78, 5) is 44.5. The SMILES string of the molecule is C/C(Cl)=C(\C(=O)OCC(Cl)(Cl)Cl)N1C(=O)C(NC(=O)COc2ccccc2)C1SSc1nc2ccccc2s1. The number of nitrogens with zero attached hydrogens (tertiary/aromatic N) is 2. The highest BCUT2D eigenvalue weighted by Gasteiger charge is 2.53. The molecule has 39 heavy (non-hydrogen) atoms. The molecule has 0 saturated carbocycles. The van der Waals surface area contributed by atoms with E-state index in [4.69, 9.17) is 55.9 Å². The van der Waals surface area contributed by atoms with Gasteiger partial charge in [0, 0.05) is 5.03 Å². The lowest BCUT2D eigenvalue weighted by atomic mass is 10.1. The summed E-state index contributed by atoms with van der Waals surface area (Å²) in [6.45, 7) is 0.572. The Labute approximate surface area is 255 Å². The highest BCUT2D eigenvalue weighted by Crippen LogP contribution is 2.46. The van der Waals surface area contributed by atoms with Gasteiger partial charge >= 0.3 is 5.97 Å². The number of nitrogens with one attached hydrogen (secondary N) is 1. The van der Waals surface area contributed by atoms with Gasteiger partial charge in [-0.15, -0.1) is 11.3 Å². The number of halogens is 4. The van der Waals surface area contributed by atoms with E-state index in [0.29, 0.717) is 5.75 Å². The van der Waals surface area contributed by atoms with E-state index in [1.165, 1.54) is 39.8 Å². The van der Waals surface area contributed by atoms with Crippen molar-refractivity contribution in [2.75, 3.05) is 13.2 Å². The highest BCUT2D eigenvalue weighted by molar-refractivity contribution is 8.77. The van der Waals surface area contributed by atoms with Gasteiger partial charge in [-0.05, 0) is 42.0 Å². The van der Waals surface area contributed by atoms with Gasteiger partial charge < -0.3 is 14.8 Å². The summed E-state index contributed by atoms with van der Waals surface area (Å²) in [6, 6.07) is 15.5. The second-order valence-corrected chi connectivity index (χ2v) is 14.6. The maximum Gasteiger partial charge on any atom is 0.356 e. The lowest BCUT2D eigenvalue weighted by Crippen LogP contribution is -2.69. The summed E-state index contributed by atoms with van der Waals surface area (Å²) >= 11 is 24.8. The molecule has 0 radical (unpaired) electrons. The summed E-state index contributed by atoms with van der Waals surface area (Å²) in [5.74, 6) is -1.52. The Kier molecular flexibility index (Phi) is 10.2. The molecule has 2 amide bonds. The molecule has 1 aliphatic heterocycles. The molecule has 4 rings (SSSR count). The minimum atomic E-state index is -1.86. The number of amides is 2. The number of rotatable bonds is 10. The molecule has 2 heterocycles. The first-order chi connectivity index (χ1) is 18.5. The van der Waals surface area contributed by atoms with Crippen LogP contribution in [0.3, 0.4) is 0 Å². The molecule has 1 aromatic heterocycles. The van der Waals surface area contributed by atoms with E-state index in [0.717, 1.165) is 19.5 Å². The number of hydrogen-bond donors (Lipinski definition) is 1. The molecule has 2 unspecified atom stereocenters. The summed E-state index contributed by atoms with van der Waals surface area (Å²) in [5, 5.41) is 1.94. The zero-order valence-electron chi connectivity index (χ0n) is 19.9. The van der Waals surface area contributed by atoms with E-state index >= 15 is 0 Å². The zero-order chi connectivity index (χ0) is 28.2. The number of carbonyl (C=O) groups excluding carboxylic acids is 3. The number of likely N-dealkylation sites (tertiary alicyclic amines) is 1. The Bertz CT molecular complexity index is 1360. The van der Waals surface area contributed by atoms with Crippen molar-refractivity contribution in [3.63, 3.8) is 0 Å². The molecule has 2 atom stereocenters. The fourth-order valence-electron chi connectivity index (χ4n) is 3.41. The number of benzene rings is 2. The molecule has 1 aliphatic rings. The monoisotopic (exact) mass is 665 g/mol. The van der Waals surface area contributed by atoms with Crippen LogP contribution in [-0.4, -0.2) is 56.1 Å². The molecular weight excluding hydrogens is 648 g/mol. The Morgan fingerprint density at radius 1 is 1.13 bits per heavy atom. The fraction of sp³-hybridized carbons (Fsp3) is 0.250. The number of para-hydroxylation sites is 2. The van der Waals surface area contributed by atoms with Crippen molar-refractivity contribution in [1.29, 1.82) is 0 Å². The van der Waals surface area contributed by atoms with Crippen molar-refractivity contribution in [2.24, 2.45) is 0 Å². The third-order valence-corrected chi connectivity index (χ3v) is 9.61. The normalized spacial score (nSPS) is 17.9.